The van der Waals surface area contributed by atoms with E-state index in [1.54, 1.807) is 11.8 Å². The first-order chi connectivity index (χ1) is 16.7. The molecule has 2 aromatic carbocycles. The summed E-state index contributed by atoms with van der Waals surface area (Å²) >= 11 is 1.61. The van der Waals surface area contributed by atoms with Crippen LogP contribution in [0.15, 0.2) is 51.9 Å². The smallest absolute Gasteiger partial charge is 0.198 e. The molecule has 3 heterocycles. The Balaban J connectivity index is 1.53. The van der Waals surface area contributed by atoms with Crippen molar-refractivity contribution in [3.63, 3.8) is 0 Å². The molecule has 1 saturated heterocycles. The Morgan fingerprint density at radius 3 is 2.50 bits per heavy atom. The van der Waals surface area contributed by atoms with Crippen LogP contribution in [0.1, 0.15) is 24.2 Å². The molecule has 0 radical (unpaired) electrons. The number of rotatable bonds is 7. The first-order valence-corrected chi connectivity index (χ1v) is 12.7. The van der Waals surface area contributed by atoms with Crippen molar-refractivity contribution in [1.29, 1.82) is 0 Å². The molecule has 0 atom stereocenters. The van der Waals surface area contributed by atoms with Gasteiger partial charge in [-0.25, -0.2) is 0 Å². The lowest BCUT2D eigenvalue weighted by atomic mass is 10.0. The molecule has 0 bridgehead atoms. The van der Waals surface area contributed by atoms with Crippen LogP contribution in [-0.2, 0) is 4.74 Å². The zero-order valence-electron chi connectivity index (χ0n) is 19.7. The summed E-state index contributed by atoms with van der Waals surface area (Å²) in [5.41, 5.74) is 2.35. The molecular weight excluding hydrogens is 452 g/mol. The lowest BCUT2D eigenvalue weighted by molar-refractivity contribution is 0.0393. The second-order valence-electron chi connectivity index (χ2n) is 8.24. The third-order valence-electron chi connectivity index (χ3n) is 6.15. The van der Waals surface area contributed by atoms with Gasteiger partial charge in [-0.3, -0.25) is 9.69 Å². The molecule has 0 spiro atoms. The van der Waals surface area contributed by atoms with Crippen LogP contribution in [0.5, 0.6) is 17.2 Å². The molecule has 0 saturated carbocycles. The Hall–Kier alpha value is -2.68. The summed E-state index contributed by atoms with van der Waals surface area (Å²) in [6.07, 6.45) is 0. The number of carbonyl (C=O) groups is 1. The lowest BCUT2D eigenvalue weighted by Gasteiger charge is -2.31. The number of Topliss-reactive ketones (excluding diaryl/α,β-unsaturated/α-hetero) is 1. The van der Waals surface area contributed by atoms with Crippen LogP contribution in [-0.4, -0.2) is 69.9 Å². The van der Waals surface area contributed by atoms with Crippen LogP contribution in [0.25, 0.3) is 0 Å². The first-order valence-electron chi connectivity index (χ1n) is 11.9. The van der Waals surface area contributed by atoms with Crippen molar-refractivity contribution < 1.29 is 23.7 Å². The zero-order chi connectivity index (χ0) is 23.5. The van der Waals surface area contributed by atoms with E-state index >= 15 is 0 Å². The Morgan fingerprint density at radius 2 is 1.74 bits per heavy atom. The fourth-order valence-electron chi connectivity index (χ4n) is 4.46. The number of para-hydroxylation sites is 1. The largest absolute Gasteiger partial charge is 0.490 e. The van der Waals surface area contributed by atoms with Gasteiger partial charge in [-0.2, -0.15) is 0 Å². The van der Waals surface area contributed by atoms with Crippen molar-refractivity contribution in [1.82, 2.24) is 4.90 Å². The van der Waals surface area contributed by atoms with Gasteiger partial charge in [-0.15, -0.1) is 0 Å². The summed E-state index contributed by atoms with van der Waals surface area (Å²) in [5.74, 6) is 2.13. The number of morpholine rings is 1. The van der Waals surface area contributed by atoms with Crippen LogP contribution in [0.2, 0.25) is 0 Å². The average molecular weight is 483 g/mol. The second-order valence-corrected chi connectivity index (χ2v) is 9.27. The quantitative estimate of drug-likeness (QED) is 0.544. The Bertz CT molecular complexity index is 1100. The van der Waals surface area contributed by atoms with Crippen LogP contribution in [0.4, 0.5) is 5.69 Å². The predicted octanol–water partition coefficient (Wildman–Crippen LogP) is 4.22. The minimum absolute atomic E-state index is 0.0311. The second kappa shape index (κ2) is 10.3. The van der Waals surface area contributed by atoms with Crippen LogP contribution in [0.3, 0.4) is 0 Å². The molecule has 0 aromatic heterocycles. The molecule has 3 aliphatic heterocycles. The van der Waals surface area contributed by atoms with E-state index in [0.717, 1.165) is 66.5 Å². The van der Waals surface area contributed by atoms with E-state index in [4.69, 9.17) is 18.9 Å². The highest BCUT2D eigenvalue weighted by molar-refractivity contribution is 8.03. The van der Waals surface area contributed by atoms with Gasteiger partial charge < -0.3 is 23.8 Å². The molecular formula is C26H30N2O5S. The van der Waals surface area contributed by atoms with Crippen molar-refractivity contribution >= 4 is 23.2 Å². The van der Waals surface area contributed by atoms with Crippen molar-refractivity contribution in [3.05, 3.63) is 52.6 Å². The predicted molar refractivity (Wildman–Crippen MR) is 133 cm³/mol. The van der Waals surface area contributed by atoms with E-state index in [1.807, 2.05) is 50.2 Å². The fraction of sp³-hybridized carbons (Fsp3) is 0.423. The summed E-state index contributed by atoms with van der Waals surface area (Å²) in [7, 11) is 0. The molecule has 5 rings (SSSR count). The van der Waals surface area contributed by atoms with Crippen molar-refractivity contribution in [2.75, 3.05) is 64.1 Å². The van der Waals surface area contributed by atoms with E-state index in [2.05, 4.69) is 9.80 Å². The highest BCUT2D eigenvalue weighted by Crippen LogP contribution is 2.52. The molecule has 180 valence electrons. The minimum Gasteiger partial charge on any atom is -0.490 e. The van der Waals surface area contributed by atoms with Gasteiger partial charge in [0.1, 0.15) is 12.4 Å². The molecule has 7 nitrogen and oxygen atoms in total. The maximum atomic E-state index is 13.5. The first kappa shape index (κ1) is 23.1. The SMILES string of the molecule is CCOc1cc2c(cc1OCC)N(CCN1CCOCC1)C(=C1COc3ccccc3C1=O)S2. The van der Waals surface area contributed by atoms with E-state index < -0.39 is 0 Å². The third-order valence-corrected chi connectivity index (χ3v) is 7.35. The van der Waals surface area contributed by atoms with Crippen molar-refractivity contribution in [3.8, 4) is 17.2 Å². The number of anilines is 1. The van der Waals surface area contributed by atoms with Crippen LogP contribution >= 0.6 is 11.8 Å². The molecule has 0 aliphatic carbocycles. The molecule has 3 aliphatic rings. The van der Waals surface area contributed by atoms with E-state index in [9.17, 15) is 4.79 Å². The summed E-state index contributed by atoms with van der Waals surface area (Å²) < 4.78 is 23.3. The number of benzene rings is 2. The summed E-state index contributed by atoms with van der Waals surface area (Å²) in [6, 6.07) is 11.5. The molecule has 0 N–H and O–H groups in total. The molecule has 0 amide bonds. The number of hydrogen-bond donors (Lipinski definition) is 0. The van der Waals surface area contributed by atoms with Gasteiger partial charge in [-0.05, 0) is 26.0 Å². The summed E-state index contributed by atoms with van der Waals surface area (Å²) in [4.78, 5) is 19.2. The highest BCUT2D eigenvalue weighted by Gasteiger charge is 2.35. The van der Waals surface area contributed by atoms with Gasteiger partial charge in [0.2, 0.25) is 0 Å². The fourth-order valence-corrected chi connectivity index (χ4v) is 5.68. The Morgan fingerprint density at radius 1 is 1.00 bits per heavy atom. The van der Waals surface area contributed by atoms with Gasteiger partial charge in [-0.1, -0.05) is 23.9 Å². The monoisotopic (exact) mass is 482 g/mol. The van der Waals surface area contributed by atoms with Gasteiger partial charge in [0.15, 0.2) is 17.3 Å². The van der Waals surface area contributed by atoms with Gasteiger partial charge >= 0.3 is 0 Å². The minimum atomic E-state index is 0.0311. The average Bonchev–Trinajstić information content (AvgIpc) is 3.21. The summed E-state index contributed by atoms with van der Waals surface area (Å²) in [5, 5.41) is 0.929. The van der Waals surface area contributed by atoms with Gasteiger partial charge in [0.25, 0.3) is 0 Å². The Kier molecular flexibility index (Phi) is 6.99. The van der Waals surface area contributed by atoms with Crippen LogP contribution in [0, 0.1) is 0 Å². The highest BCUT2D eigenvalue weighted by atomic mass is 32.2. The van der Waals surface area contributed by atoms with Crippen molar-refractivity contribution in [2.45, 2.75) is 18.7 Å². The number of hydrogen-bond acceptors (Lipinski definition) is 8. The number of nitrogens with zero attached hydrogens (tertiary/aromatic N) is 2. The zero-order valence-corrected chi connectivity index (χ0v) is 20.5. The number of fused-ring (bicyclic) bond motifs is 2. The molecule has 0 unspecified atom stereocenters. The molecule has 34 heavy (non-hydrogen) atoms. The number of carbonyl (C=O) groups excluding carboxylic acids is 1. The van der Waals surface area contributed by atoms with Gasteiger partial charge in [0.05, 0.1) is 48.3 Å². The normalized spacial score (nSPS) is 20.1. The molecule has 8 heteroatoms. The summed E-state index contributed by atoms with van der Waals surface area (Å²) in [6.45, 7) is 10.3. The lowest BCUT2D eigenvalue weighted by Crippen LogP contribution is -2.41. The standard InChI is InChI=1S/C26H30N2O5S/c1-3-31-22-15-20-24(16-23(22)32-4-2)34-26(28(20)10-9-27-11-13-30-14-12-27)19-17-33-21-8-6-5-7-18(21)25(19)29/h5-8,15-16H,3-4,9-14,17H2,1-2H3. The van der Waals surface area contributed by atoms with Crippen molar-refractivity contribution in [2.24, 2.45) is 0 Å². The maximum absolute atomic E-state index is 13.5. The van der Waals surface area contributed by atoms with E-state index in [1.165, 1.54) is 0 Å². The van der Waals surface area contributed by atoms with Crippen LogP contribution < -0.4 is 19.1 Å². The number of thioether (sulfide) groups is 1. The number of ether oxygens (including phenoxy) is 4. The number of ketones is 1. The third kappa shape index (κ3) is 4.50. The maximum Gasteiger partial charge on any atom is 0.198 e. The van der Waals surface area contributed by atoms with Gasteiger partial charge in [0, 0.05) is 43.2 Å². The Labute approximate surface area is 204 Å². The topological polar surface area (TPSA) is 60.5 Å². The molecule has 1 fully saturated rings. The molecule has 2 aromatic rings. The van der Waals surface area contributed by atoms with E-state index in [-0.39, 0.29) is 12.4 Å². The van der Waals surface area contributed by atoms with E-state index in [0.29, 0.717) is 30.1 Å².